The molecule has 3 rings (SSSR count). The van der Waals surface area contributed by atoms with E-state index in [1.807, 2.05) is 62.4 Å². The largest absolute Gasteiger partial charge is 0.489 e. The molecule has 1 aliphatic heterocycles. The molecule has 0 unspecified atom stereocenters. The van der Waals surface area contributed by atoms with E-state index in [4.69, 9.17) is 9.47 Å². The molecule has 2 aromatic rings. The number of hydrogen-bond acceptors (Lipinski definition) is 4. The molecule has 132 valence electrons. The van der Waals surface area contributed by atoms with E-state index in [9.17, 15) is 4.79 Å². The third kappa shape index (κ3) is 4.59. The quantitative estimate of drug-likeness (QED) is 0.879. The molecule has 2 aromatic carbocycles. The zero-order valence-corrected chi connectivity index (χ0v) is 14.6. The first-order valence-electron chi connectivity index (χ1n) is 8.57. The zero-order chi connectivity index (χ0) is 17.6. The van der Waals surface area contributed by atoms with E-state index in [0.29, 0.717) is 19.8 Å². The molecule has 1 fully saturated rings. The Bertz CT molecular complexity index is 718. The summed E-state index contributed by atoms with van der Waals surface area (Å²) < 4.78 is 11.4. The molecule has 0 spiro atoms. The number of benzene rings is 2. The highest BCUT2D eigenvalue weighted by atomic mass is 16.5. The number of ether oxygens (including phenoxy) is 2. The van der Waals surface area contributed by atoms with Crippen molar-refractivity contribution >= 4 is 11.6 Å². The van der Waals surface area contributed by atoms with Crippen LogP contribution < -0.4 is 15.4 Å². The van der Waals surface area contributed by atoms with E-state index in [1.165, 1.54) is 0 Å². The van der Waals surface area contributed by atoms with Gasteiger partial charge in [-0.2, -0.15) is 0 Å². The van der Waals surface area contributed by atoms with Crippen LogP contribution in [-0.4, -0.2) is 31.2 Å². The molecule has 0 radical (unpaired) electrons. The minimum Gasteiger partial charge on any atom is -0.489 e. The maximum Gasteiger partial charge on any atom is 0.244 e. The Morgan fingerprint density at radius 3 is 2.80 bits per heavy atom. The monoisotopic (exact) mass is 340 g/mol. The summed E-state index contributed by atoms with van der Waals surface area (Å²) >= 11 is 0. The lowest BCUT2D eigenvalue weighted by Crippen LogP contribution is -2.53. The van der Waals surface area contributed by atoms with E-state index >= 15 is 0 Å². The van der Waals surface area contributed by atoms with Crippen LogP contribution in [0.1, 0.15) is 18.1 Å². The highest BCUT2D eigenvalue weighted by Crippen LogP contribution is 2.23. The summed E-state index contributed by atoms with van der Waals surface area (Å²) in [5.41, 5.74) is 2.87. The molecule has 5 heteroatoms. The van der Waals surface area contributed by atoms with Crippen LogP contribution in [0.5, 0.6) is 5.75 Å². The second-order valence-electron chi connectivity index (χ2n) is 6.25. The maximum atomic E-state index is 12.4. The van der Waals surface area contributed by atoms with E-state index in [-0.39, 0.29) is 18.1 Å². The van der Waals surface area contributed by atoms with Crippen molar-refractivity contribution in [2.75, 3.05) is 18.5 Å². The van der Waals surface area contributed by atoms with Crippen molar-refractivity contribution in [2.24, 2.45) is 0 Å². The molecule has 0 aromatic heterocycles. The van der Waals surface area contributed by atoms with Crippen molar-refractivity contribution in [3.05, 3.63) is 59.7 Å². The fourth-order valence-corrected chi connectivity index (χ4v) is 2.84. The van der Waals surface area contributed by atoms with Gasteiger partial charge in [0.05, 0.1) is 12.7 Å². The average molecular weight is 340 g/mol. The number of nitrogens with one attached hydrogen (secondary N) is 2. The predicted molar refractivity (Wildman–Crippen MR) is 97.8 cm³/mol. The Morgan fingerprint density at radius 1 is 1.28 bits per heavy atom. The van der Waals surface area contributed by atoms with Crippen LogP contribution in [-0.2, 0) is 16.1 Å². The second-order valence-corrected chi connectivity index (χ2v) is 6.25. The summed E-state index contributed by atoms with van der Waals surface area (Å²) in [6.45, 7) is 5.71. The summed E-state index contributed by atoms with van der Waals surface area (Å²) in [5.74, 6) is 0.708. The van der Waals surface area contributed by atoms with E-state index in [0.717, 1.165) is 22.6 Å². The molecule has 1 aliphatic rings. The van der Waals surface area contributed by atoms with E-state index < -0.39 is 0 Å². The number of morpholine rings is 1. The fourth-order valence-electron chi connectivity index (χ4n) is 2.84. The molecule has 1 saturated heterocycles. The SMILES string of the molecule is Cc1cc(OCc2ccccc2)ccc1NC(=O)[C@H]1NCCO[C@@H]1C. The van der Waals surface area contributed by atoms with Gasteiger partial charge in [-0.15, -0.1) is 0 Å². The van der Waals surface area contributed by atoms with Gasteiger partial charge in [0.25, 0.3) is 0 Å². The molecule has 0 saturated carbocycles. The normalized spacial score (nSPS) is 20.1. The molecule has 2 N–H and O–H groups in total. The molecular weight excluding hydrogens is 316 g/mol. The Balaban J connectivity index is 1.60. The van der Waals surface area contributed by atoms with Crippen molar-refractivity contribution in [2.45, 2.75) is 32.6 Å². The summed E-state index contributed by atoms with van der Waals surface area (Å²) in [5, 5.41) is 6.17. The van der Waals surface area contributed by atoms with Crippen molar-refractivity contribution in [3.8, 4) is 5.75 Å². The van der Waals surface area contributed by atoms with Crippen molar-refractivity contribution in [3.63, 3.8) is 0 Å². The first kappa shape index (κ1) is 17.5. The van der Waals surface area contributed by atoms with Gasteiger partial charge in [0.2, 0.25) is 5.91 Å². The lowest BCUT2D eigenvalue weighted by Gasteiger charge is -2.29. The number of aryl methyl sites for hydroxylation is 1. The van der Waals surface area contributed by atoms with Crippen molar-refractivity contribution < 1.29 is 14.3 Å². The number of rotatable bonds is 5. The lowest BCUT2D eigenvalue weighted by molar-refractivity contribution is -0.123. The number of amides is 1. The maximum absolute atomic E-state index is 12.4. The lowest BCUT2D eigenvalue weighted by atomic mass is 10.1. The minimum absolute atomic E-state index is 0.0757. The van der Waals surface area contributed by atoms with Gasteiger partial charge in [0, 0.05) is 12.2 Å². The highest BCUT2D eigenvalue weighted by molar-refractivity contribution is 5.96. The molecule has 0 bridgehead atoms. The highest BCUT2D eigenvalue weighted by Gasteiger charge is 2.28. The van der Waals surface area contributed by atoms with Gasteiger partial charge in [-0.3, -0.25) is 4.79 Å². The van der Waals surface area contributed by atoms with E-state index in [2.05, 4.69) is 10.6 Å². The van der Waals surface area contributed by atoms with Gasteiger partial charge in [-0.25, -0.2) is 0 Å². The fraction of sp³-hybridized carbons (Fsp3) is 0.350. The number of anilines is 1. The van der Waals surface area contributed by atoms with Crippen LogP contribution in [0.2, 0.25) is 0 Å². The minimum atomic E-state index is -0.331. The molecule has 5 nitrogen and oxygen atoms in total. The number of hydrogen-bond donors (Lipinski definition) is 2. The zero-order valence-electron chi connectivity index (χ0n) is 14.6. The van der Waals surface area contributed by atoms with Gasteiger partial charge in [-0.05, 0) is 43.2 Å². The van der Waals surface area contributed by atoms with Gasteiger partial charge in [-0.1, -0.05) is 30.3 Å². The molecular formula is C20H24N2O3. The van der Waals surface area contributed by atoms with Gasteiger partial charge >= 0.3 is 0 Å². The summed E-state index contributed by atoms with van der Waals surface area (Å²) in [6, 6.07) is 15.4. The summed E-state index contributed by atoms with van der Waals surface area (Å²) in [6.07, 6.45) is -0.137. The van der Waals surface area contributed by atoms with Crippen LogP contribution in [0.4, 0.5) is 5.69 Å². The number of carbonyl (C=O) groups excluding carboxylic acids is 1. The van der Waals surface area contributed by atoms with Crippen LogP contribution in [0, 0.1) is 6.92 Å². The first-order valence-corrected chi connectivity index (χ1v) is 8.57. The smallest absolute Gasteiger partial charge is 0.244 e. The topological polar surface area (TPSA) is 59.6 Å². The van der Waals surface area contributed by atoms with Crippen LogP contribution in [0.3, 0.4) is 0 Å². The Kier molecular flexibility index (Phi) is 5.68. The molecule has 1 heterocycles. The third-order valence-electron chi connectivity index (χ3n) is 4.30. The van der Waals surface area contributed by atoms with Crippen molar-refractivity contribution in [1.29, 1.82) is 0 Å². The Labute approximate surface area is 148 Å². The average Bonchev–Trinajstić information content (AvgIpc) is 2.63. The van der Waals surface area contributed by atoms with Gasteiger partial charge in [0.1, 0.15) is 18.4 Å². The van der Waals surface area contributed by atoms with Crippen LogP contribution in [0.15, 0.2) is 48.5 Å². The van der Waals surface area contributed by atoms with Gasteiger partial charge in [0.15, 0.2) is 0 Å². The molecule has 1 amide bonds. The second kappa shape index (κ2) is 8.14. The van der Waals surface area contributed by atoms with Crippen LogP contribution in [0.25, 0.3) is 0 Å². The standard InChI is InChI=1S/C20H24N2O3/c1-14-12-17(25-13-16-6-4-3-5-7-16)8-9-18(14)22-20(23)19-15(2)24-11-10-21-19/h3-9,12,15,19,21H,10-11,13H2,1-2H3,(H,22,23)/t15-,19+/m1/s1. The summed E-state index contributed by atoms with van der Waals surface area (Å²) in [7, 11) is 0. The Hall–Kier alpha value is -2.37. The molecule has 25 heavy (non-hydrogen) atoms. The predicted octanol–water partition coefficient (Wildman–Crippen LogP) is 2.89. The van der Waals surface area contributed by atoms with Crippen LogP contribution >= 0.6 is 0 Å². The van der Waals surface area contributed by atoms with E-state index in [1.54, 1.807) is 0 Å². The number of carbonyl (C=O) groups is 1. The Morgan fingerprint density at radius 2 is 2.08 bits per heavy atom. The molecule has 2 atom stereocenters. The summed E-state index contributed by atoms with van der Waals surface area (Å²) in [4.78, 5) is 12.4. The van der Waals surface area contributed by atoms with Crippen molar-refractivity contribution in [1.82, 2.24) is 5.32 Å². The third-order valence-corrected chi connectivity index (χ3v) is 4.30. The molecule has 0 aliphatic carbocycles. The van der Waals surface area contributed by atoms with Gasteiger partial charge < -0.3 is 20.1 Å². The first-order chi connectivity index (χ1) is 12.1.